The second-order valence-electron chi connectivity index (χ2n) is 5.41. The van der Waals surface area contributed by atoms with Gasteiger partial charge in [-0.2, -0.15) is 13.2 Å². The molecule has 0 unspecified atom stereocenters. The van der Waals surface area contributed by atoms with Crippen molar-refractivity contribution in [2.45, 2.75) is 37.5 Å². The summed E-state index contributed by atoms with van der Waals surface area (Å²) in [6.45, 7) is 0.760. The monoisotopic (exact) mass is 288 g/mol. The molecular formula is C14H15F3O3. The van der Waals surface area contributed by atoms with Gasteiger partial charge in [-0.05, 0) is 30.5 Å². The lowest BCUT2D eigenvalue weighted by atomic mass is 9.99. The molecule has 0 spiro atoms. The van der Waals surface area contributed by atoms with E-state index >= 15 is 0 Å². The molecule has 2 aliphatic rings. The van der Waals surface area contributed by atoms with Crippen LogP contribution in [0.2, 0.25) is 0 Å². The first-order valence-electron chi connectivity index (χ1n) is 6.60. The Morgan fingerprint density at radius 1 is 1.10 bits per heavy atom. The number of hydrogen-bond donors (Lipinski definition) is 1. The zero-order valence-electron chi connectivity index (χ0n) is 10.8. The summed E-state index contributed by atoms with van der Waals surface area (Å²) in [5.41, 5.74) is -1.66. The van der Waals surface area contributed by atoms with Crippen molar-refractivity contribution in [1.29, 1.82) is 0 Å². The average molecular weight is 288 g/mol. The zero-order chi connectivity index (χ0) is 14.4. The third-order valence-corrected chi connectivity index (χ3v) is 3.63. The molecule has 6 heteroatoms. The number of benzene rings is 1. The molecule has 3 nitrogen and oxygen atoms in total. The zero-order valence-corrected chi connectivity index (χ0v) is 10.8. The molecule has 0 amide bonds. The largest absolute Gasteiger partial charge is 0.490 e. The molecule has 20 heavy (non-hydrogen) atoms. The van der Waals surface area contributed by atoms with E-state index in [1.165, 1.54) is 6.07 Å². The summed E-state index contributed by atoms with van der Waals surface area (Å²) in [6, 6.07) is 2.35. The third kappa shape index (κ3) is 2.70. The SMILES string of the molecule is OC1(Cc2cc3c(cc2C(F)(F)F)OCCCO3)CC1. The number of alkyl halides is 3. The van der Waals surface area contributed by atoms with Crippen molar-refractivity contribution in [2.24, 2.45) is 0 Å². The molecule has 1 aromatic rings. The van der Waals surface area contributed by atoms with Crippen LogP contribution in [0.5, 0.6) is 11.5 Å². The average Bonchev–Trinajstić information content (AvgIpc) is 3.10. The maximum absolute atomic E-state index is 13.1. The van der Waals surface area contributed by atoms with Crippen LogP contribution in [0.3, 0.4) is 0 Å². The summed E-state index contributed by atoms with van der Waals surface area (Å²) in [5.74, 6) is 0.455. The van der Waals surface area contributed by atoms with Crippen LogP contribution >= 0.6 is 0 Å². The molecule has 1 N–H and O–H groups in total. The fourth-order valence-electron chi connectivity index (χ4n) is 2.34. The van der Waals surface area contributed by atoms with Crippen molar-refractivity contribution in [3.63, 3.8) is 0 Å². The van der Waals surface area contributed by atoms with E-state index in [0.717, 1.165) is 6.07 Å². The lowest BCUT2D eigenvalue weighted by Gasteiger charge is -2.18. The standard InChI is InChI=1S/C14H15F3O3/c15-14(16,17)10-7-12-11(19-4-1-5-20-12)6-9(10)8-13(18)2-3-13/h6-7,18H,1-5,8H2. The van der Waals surface area contributed by atoms with E-state index in [4.69, 9.17) is 9.47 Å². The first-order chi connectivity index (χ1) is 9.37. The van der Waals surface area contributed by atoms with Crippen LogP contribution < -0.4 is 9.47 Å². The summed E-state index contributed by atoms with van der Waals surface area (Å²) in [6.07, 6.45) is -2.75. The Hall–Kier alpha value is -1.43. The predicted molar refractivity (Wildman–Crippen MR) is 64.9 cm³/mol. The molecule has 0 aromatic heterocycles. The van der Waals surface area contributed by atoms with Gasteiger partial charge in [0.05, 0.1) is 24.4 Å². The van der Waals surface area contributed by atoms with Crippen LogP contribution in [-0.4, -0.2) is 23.9 Å². The van der Waals surface area contributed by atoms with E-state index < -0.39 is 17.3 Å². The Balaban J connectivity index is 2.03. The molecule has 3 rings (SSSR count). The molecule has 0 atom stereocenters. The Kier molecular flexibility index (Phi) is 3.08. The summed E-state index contributed by atoms with van der Waals surface area (Å²) < 4.78 is 50.1. The fraction of sp³-hybridized carbons (Fsp3) is 0.571. The van der Waals surface area contributed by atoms with Crippen LogP contribution in [0.1, 0.15) is 30.4 Å². The van der Waals surface area contributed by atoms with Crippen molar-refractivity contribution < 1.29 is 27.8 Å². The highest BCUT2D eigenvalue weighted by Crippen LogP contribution is 2.45. The van der Waals surface area contributed by atoms with Gasteiger partial charge in [0.1, 0.15) is 0 Å². The van der Waals surface area contributed by atoms with Gasteiger partial charge in [-0.3, -0.25) is 0 Å². The first kappa shape index (κ1) is 13.5. The molecule has 0 saturated heterocycles. The highest BCUT2D eigenvalue weighted by atomic mass is 19.4. The first-order valence-corrected chi connectivity index (χ1v) is 6.60. The van der Waals surface area contributed by atoms with E-state index in [1.54, 1.807) is 0 Å². The Bertz CT molecular complexity index is 521. The van der Waals surface area contributed by atoms with E-state index in [1.807, 2.05) is 0 Å². The lowest BCUT2D eigenvalue weighted by Crippen LogP contribution is -2.17. The van der Waals surface area contributed by atoms with Crippen LogP contribution in [0.15, 0.2) is 12.1 Å². The van der Waals surface area contributed by atoms with Gasteiger partial charge in [-0.25, -0.2) is 0 Å². The smallest absolute Gasteiger partial charge is 0.416 e. The maximum Gasteiger partial charge on any atom is 0.416 e. The Labute approximate surface area is 114 Å². The highest BCUT2D eigenvalue weighted by Gasteiger charge is 2.43. The fourth-order valence-corrected chi connectivity index (χ4v) is 2.34. The lowest BCUT2D eigenvalue weighted by molar-refractivity contribution is -0.138. The minimum Gasteiger partial charge on any atom is -0.490 e. The number of fused-ring (bicyclic) bond motifs is 1. The van der Waals surface area contributed by atoms with Gasteiger partial charge >= 0.3 is 6.18 Å². The summed E-state index contributed by atoms with van der Waals surface area (Å²) in [5, 5.41) is 9.89. The van der Waals surface area contributed by atoms with E-state index in [0.29, 0.717) is 38.2 Å². The number of ether oxygens (including phenoxy) is 2. The van der Waals surface area contributed by atoms with Gasteiger partial charge in [0.2, 0.25) is 0 Å². The van der Waals surface area contributed by atoms with Crippen molar-refractivity contribution in [2.75, 3.05) is 13.2 Å². The van der Waals surface area contributed by atoms with Crippen molar-refractivity contribution in [1.82, 2.24) is 0 Å². The van der Waals surface area contributed by atoms with Crippen LogP contribution in [0.25, 0.3) is 0 Å². The minimum atomic E-state index is -4.47. The van der Waals surface area contributed by atoms with Crippen LogP contribution in [0.4, 0.5) is 13.2 Å². The van der Waals surface area contributed by atoms with Crippen LogP contribution in [-0.2, 0) is 12.6 Å². The summed E-state index contributed by atoms with van der Waals surface area (Å²) in [7, 11) is 0. The molecule has 1 aliphatic carbocycles. The molecule has 0 radical (unpaired) electrons. The van der Waals surface area contributed by atoms with Crippen molar-refractivity contribution in [3.05, 3.63) is 23.3 Å². The van der Waals surface area contributed by atoms with Gasteiger partial charge < -0.3 is 14.6 Å². The van der Waals surface area contributed by atoms with E-state index in [9.17, 15) is 18.3 Å². The Morgan fingerprint density at radius 3 is 2.25 bits per heavy atom. The second kappa shape index (κ2) is 4.55. The molecule has 110 valence electrons. The van der Waals surface area contributed by atoms with Gasteiger partial charge in [0.15, 0.2) is 11.5 Å². The van der Waals surface area contributed by atoms with Gasteiger partial charge in [0, 0.05) is 12.8 Å². The van der Waals surface area contributed by atoms with Crippen molar-refractivity contribution >= 4 is 0 Å². The molecule has 1 aromatic carbocycles. The number of halogens is 3. The van der Waals surface area contributed by atoms with Gasteiger partial charge in [-0.1, -0.05) is 0 Å². The normalized spacial score (nSPS) is 20.4. The number of rotatable bonds is 2. The third-order valence-electron chi connectivity index (χ3n) is 3.63. The van der Waals surface area contributed by atoms with Crippen molar-refractivity contribution in [3.8, 4) is 11.5 Å². The molecule has 1 saturated carbocycles. The predicted octanol–water partition coefficient (Wildman–Crippen LogP) is 2.93. The van der Waals surface area contributed by atoms with E-state index in [-0.39, 0.29) is 17.7 Å². The molecule has 1 fully saturated rings. The molecular weight excluding hydrogens is 273 g/mol. The quantitative estimate of drug-likeness (QED) is 0.909. The molecule has 0 bridgehead atoms. The second-order valence-corrected chi connectivity index (χ2v) is 5.41. The topological polar surface area (TPSA) is 38.7 Å². The van der Waals surface area contributed by atoms with Crippen LogP contribution in [0, 0.1) is 0 Å². The summed E-state index contributed by atoms with van der Waals surface area (Å²) in [4.78, 5) is 0. The summed E-state index contributed by atoms with van der Waals surface area (Å²) >= 11 is 0. The van der Waals surface area contributed by atoms with Gasteiger partial charge in [-0.15, -0.1) is 0 Å². The highest BCUT2D eigenvalue weighted by molar-refractivity contribution is 5.49. The van der Waals surface area contributed by atoms with E-state index in [2.05, 4.69) is 0 Å². The number of aliphatic hydroxyl groups is 1. The number of hydrogen-bond acceptors (Lipinski definition) is 3. The molecule has 1 aliphatic heterocycles. The minimum absolute atomic E-state index is 0.00150. The molecule has 1 heterocycles. The Morgan fingerprint density at radius 2 is 1.70 bits per heavy atom. The van der Waals surface area contributed by atoms with Gasteiger partial charge in [0.25, 0.3) is 0 Å². The maximum atomic E-state index is 13.1.